The number of nitrogens with two attached hydrogens (primary N) is 1. The second kappa shape index (κ2) is 2.95. The summed E-state index contributed by atoms with van der Waals surface area (Å²) in [7, 11) is -4.53. The van der Waals surface area contributed by atoms with E-state index in [1.165, 1.54) is 0 Å². The van der Waals surface area contributed by atoms with Crippen molar-refractivity contribution in [3.63, 3.8) is 0 Å². The Hall–Kier alpha value is -0.340. The van der Waals surface area contributed by atoms with Gasteiger partial charge < -0.3 is 0 Å². The molecule has 0 bridgehead atoms. The second-order valence-electron chi connectivity index (χ2n) is 1.77. The number of hydrogen-bond acceptors (Lipinski definition) is 3. The smallest absolute Gasteiger partial charge is 0.246 e. The summed E-state index contributed by atoms with van der Waals surface area (Å²) in [4.78, 5) is 0. The lowest BCUT2D eigenvalue weighted by Gasteiger charge is -2.13. The molecule has 0 saturated carbocycles. The summed E-state index contributed by atoms with van der Waals surface area (Å²) in [6, 6.07) is 0. The molecule has 0 saturated heterocycles. The van der Waals surface area contributed by atoms with Crippen molar-refractivity contribution in [1.82, 2.24) is 0 Å². The molecule has 0 aliphatic heterocycles. The molecule has 2 N–H and O–H groups in total. The van der Waals surface area contributed by atoms with Crippen LogP contribution in [0, 0.1) is 0 Å². The highest BCUT2D eigenvalue weighted by molar-refractivity contribution is 7.84. The van der Waals surface area contributed by atoms with Crippen LogP contribution in [-0.2, 0) is 14.5 Å². The highest BCUT2D eigenvalue weighted by atomic mass is 32.2. The van der Waals surface area contributed by atoms with Gasteiger partial charge in [-0.15, -0.1) is 0 Å². The van der Waals surface area contributed by atoms with Gasteiger partial charge in [0.1, 0.15) is 0 Å². The minimum Gasteiger partial charge on any atom is -0.246 e. The van der Waals surface area contributed by atoms with Gasteiger partial charge in [-0.25, -0.2) is 9.32 Å². The van der Waals surface area contributed by atoms with Gasteiger partial charge in [0.25, 0.3) is 0 Å². The zero-order valence-corrected chi connectivity index (χ0v) is 6.24. The Bertz CT molecular complexity index is 220. The van der Waals surface area contributed by atoms with Crippen molar-refractivity contribution >= 4 is 10.3 Å². The van der Waals surface area contributed by atoms with Crippen LogP contribution in [-0.4, -0.2) is 20.7 Å². The summed E-state index contributed by atoms with van der Waals surface area (Å²) >= 11 is 0. The molecule has 0 rings (SSSR count). The molecule has 1 unspecified atom stereocenters. The predicted octanol–water partition coefficient (Wildman–Crippen LogP) is 0.157. The van der Waals surface area contributed by atoms with Gasteiger partial charge in [-0.1, -0.05) is 0 Å². The van der Waals surface area contributed by atoms with E-state index in [9.17, 15) is 21.6 Å². The maximum absolute atomic E-state index is 11.5. The maximum Gasteiger partial charge on any atom is 0.415 e. The van der Waals surface area contributed by atoms with Crippen LogP contribution in [0.5, 0.6) is 0 Å². The predicted molar refractivity (Wildman–Crippen MR) is 29.7 cm³/mol. The van der Waals surface area contributed by atoms with Crippen LogP contribution in [0.1, 0.15) is 6.92 Å². The van der Waals surface area contributed by atoms with E-state index in [4.69, 9.17) is 0 Å². The Morgan fingerprint density at radius 3 is 1.91 bits per heavy atom. The van der Waals surface area contributed by atoms with Crippen molar-refractivity contribution in [3.8, 4) is 0 Å². The van der Waals surface area contributed by atoms with E-state index in [1.54, 1.807) is 0 Å². The van der Waals surface area contributed by atoms with Crippen molar-refractivity contribution in [2.45, 2.75) is 19.2 Å². The summed E-state index contributed by atoms with van der Waals surface area (Å²) in [6.07, 6.45) is -7.12. The fraction of sp³-hybridized carbons (Fsp3) is 1.00. The van der Waals surface area contributed by atoms with E-state index in [1.807, 2.05) is 0 Å². The van der Waals surface area contributed by atoms with E-state index in [0.29, 0.717) is 6.92 Å². The highest BCUT2D eigenvalue weighted by Gasteiger charge is 2.39. The SMILES string of the molecule is CC(OS(N)(=O)=O)C(F)(F)F. The van der Waals surface area contributed by atoms with Crippen molar-refractivity contribution in [3.05, 3.63) is 0 Å². The minimum atomic E-state index is -4.72. The molecule has 0 aromatic heterocycles. The van der Waals surface area contributed by atoms with Crippen LogP contribution in [0.4, 0.5) is 13.2 Å². The molecule has 0 aliphatic rings. The first-order chi connectivity index (χ1) is 4.63. The van der Waals surface area contributed by atoms with Crippen molar-refractivity contribution in [2.75, 3.05) is 0 Å². The molecule has 68 valence electrons. The molecule has 0 aliphatic carbocycles. The van der Waals surface area contributed by atoms with Crippen LogP contribution in [0.15, 0.2) is 0 Å². The van der Waals surface area contributed by atoms with E-state index in [0.717, 1.165) is 0 Å². The largest absolute Gasteiger partial charge is 0.415 e. The van der Waals surface area contributed by atoms with Gasteiger partial charge >= 0.3 is 16.5 Å². The first kappa shape index (κ1) is 10.7. The van der Waals surface area contributed by atoms with Gasteiger partial charge in [0.15, 0.2) is 6.10 Å². The fourth-order valence-corrected chi connectivity index (χ4v) is 0.767. The lowest BCUT2D eigenvalue weighted by atomic mass is 10.4. The summed E-state index contributed by atoms with van der Waals surface area (Å²) < 4.78 is 57.9. The third kappa shape index (κ3) is 4.99. The molecule has 0 radical (unpaired) electrons. The summed E-state index contributed by atoms with van der Waals surface area (Å²) in [6.45, 7) is 0.546. The number of rotatable bonds is 2. The standard InChI is InChI=1S/C3H6F3NO3S/c1-2(3(4,5)6)10-11(7,8)9/h2H,1H3,(H2,7,8,9). The highest BCUT2D eigenvalue weighted by Crippen LogP contribution is 2.22. The Balaban J connectivity index is 4.21. The number of hydrogen-bond donors (Lipinski definition) is 1. The monoisotopic (exact) mass is 193 g/mol. The van der Waals surface area contributed by atoms with Crippen LogP contribution in [0.2, 0.25) is 0 Å². The normalized spacial score (nSPS) is 16.5. The molecule has 1 atom stereocenters. The van der Waals surface area contributed by atoms with Crippen LogP contribution >= 0.6 is 0 Å². The molecule has 0 heterocycles. The quantitative estimate of drug-likeness (QED) is 0.679. The average Bonchev–Trinajstić information content (AvgIpc) is 1.56. The van der Waals surface area contributed by atoms with Gasteiger partial charge in [0.2, 0.25) is 0 Å². The molecular weight excluding hydrogens is 187 g/mol. The molecule has 0 aromatic rings. The molecule has 0 aromatic carbocycles. The summed E-state index contributed by atoms with van der Waals surface area (Å²) in [5.41, 5.74) is 0. The van der Waals surface area contributed by atoms with Gasteiger partial charge in [-0.3, -0.25) is 0 Å². The molecule has 4 nitrogen and oxygen atoms in total. The summed E-state index contributed by atoms with van der Waals surface area (Å²) in [5.74, 6) is 0. The Morgan fingerprint density at radius 1 is 1.45 bits per heavy atom. The van der Waals surface area contributed by atoms with Gasteiger partial charge in [0, 0.05) is 0 Å². The third-order valence-electron chi connectivity index (χ3n) is 0.739. The second-order valence-corrected chi connectivity index (χ2v) is 2.95. The first-order valence-corrected chi connectivity index (χ1v) is 3.88. The van der Waals surface area contributed by atoms with Crippen molar-refractivity contribution in [1.29, 1.82) is 0 Å². The number of alkyl halides is 3. The van der Waals surface area contributed by atoms with Crippen molar-refractivity contribution in [2.24, 2.45) is 5.14 Å². The van der Waals surface area contributed by atoms with Crippen LogP contribution in [0.25, 0.3) is 0 Å². The Kier molecular flexibility index (Phi) is 2.86. The lowest BCUT2D eigenvalue weighted by molar-refractivity contribution is -0.188. The van der Waals surface area contributed by atoms with Gasteiger partial charge in [-0.05, 0) is 6.92 Å². The fourth-order valence-electron chi connectivity index (χ4n) is 0.256. The topological polar surface area (TPSA) is 69.4 Å². The van der Waals surface area contributed by atoms with Crippen LogP contribution in [0.3, 0.4) is 0 Å². The molecule has 0 fully saturated rings. The Morgan fingerprint density at radius 2 is 1.82 bits per heavy atom. The lowest BCUT2D eigenvalue weighted by Crippen LogP contribution is -2.33. The van der Waals surface area contributed by atoms with Gasteiger partial charge in [-0.2, -0.15) is 21.6 Å². The molecule has 11 heavy (non-hydrogen) atoms. The van der Waals surface area contributed by atoms with E-state index >= 15 is 0 Å². The zero-order valence-electron chi connectivity index (χ0n) is 5.42. The van der Waals surface area contributed by atoms with Crippen molar-refractivity contribution < 1.29 is 25.8 Å². The molecule has 0 spiro atoms. The zero-order chi connectivity index (χ0) is 9.28. The van der Waals surface area contributed by atoms with E-state index in [2.05, 4.69) is 9.32 Å². The summed E-state index contributed by atoms with van der Waals surface area (Å²) in [5, 5.41) is 4.18. The first-order valence-electron chi connectivity index (χ1n) is 2.40. The Labute approximate surface area is 61.4 Å². The van der Waals surface area contributed by atoms with E-state index < -0.39 is 22.6 Å². The van der Waals surface area contributed by atoms with E-state index in [-0.39, 0.29) is 0 Å². The average molecular weight is 193 g/mol. The van der Waals surface area contributed by atoms with Gasteiger partial charge in [0.05, 0.1) is 0 Å². The minimum absolute atomic E-state index is 0.546. The number of halogens is 3. The molecule has 0 amide bonds. The molecule has 8 heteroatoms. The third-order valence-corrected chi connectivity index (χ3v) is 1.30. The molecular formula is C3H6F3NO3S. The maximum atomic E-state index is 11.5. The van der Waals surface area contributed by atoms with Crippen LogP contribution < -0.4 is 5.14 Å².